The SMILES string of the molecule is CN1C2CCC1CC(OC(=O)N1CCc3ccccc3[C@@H]1c1ccc(F)cc1)C2. The van der Waals surface area contributed by atoms with Gasteiger partial charge >= 0.3 is 6.09 Å². The summed E-state index contributed by atoms with van der Waals surface area (Å²) in [5.74, 6) is -0.270. The summed E-state index contributed by atoms with van der Waals surface area (Å²) in [5, 5.41) is 0. The average Bonchev–Trinajstić information content (AvgIpc) is 2.94. The molecule has 3 aliphatic heterocycles. The van der Waals surface area contributed by atoms with Crippen LogP contribution in [0.2, 0.25) is 0 Å². The second-order valence-electron chi connectivity index (χ2n) is 8.62. The Labute approximate surface area is 171 Å². The van der Waals surface area contributed by atoms with Crippen molar-refractivity contribution in [3.63, 3.8) is 0 Å². The fourth-order valence-corrected chi connectivity index (χ4v) is 5.44. The molecule has 4 nitrogen and oxygen atoms in total. The predicted octanol–water partition coefficient (Wildman–Crippen LogP) is 4.54. The third-order valence-corrected chi connectivity index (χ3v) is 7.03. The van der Waals surface area contributed by atoms with Gasteiger partial charge in [-0.25, -0.2) is 9.18 Å². The lowest BCUT2D eigenvalue weighted by Crippen LogP contribution is -2.46. The summed E-state index contributed by atoms with van der Waals surface area (Å²) >= 11 is 0. The monoisotopic (exact) mass is 394 g/mol. The molecule has 0 radical (unpaired) electrons. The van der Waals surface area contributed by atoms with E-state index >= 15 is 0 Å². The molecule has 2 aromatic rings. The molecule has 0 spiro atoms. The van der Waals surface area contributed by atoms with Gasteiger partial charge in [0.1, 0.15) is 11.9 Å². The number of fused-ring (bicyclic) bond motifs is 3. The maximum absolute atomic E-state index is 13.5. The predicted molar refractivity (Wildman–Crippen MR) is 109 cm³/mol. The molecular weight excluding hydrogens is 367 g/mol. The van der Waals surface area contributed by atoms with Gasteiger partial charge < -0.3 is 9.64 Å². The first kappa shape index (κ1) is 18.6. The van der Waals surface area contributed by atoms with Crippen LogP contribution in [0, 0.1) is 5.82 Å². The van der Waals surface area contributed by atoms with Gasteiger partial charge in [-0.2, -0.15) is 0 Å². The molecule has 0 aromatic heterocycles. The van der Waals surface area contributed by atoms with Gasteiger partial charge in [0.15, 0.2) is 0 Å². The first-order valence-electron chi connectivity index (χ1n) is 10.6. The van der Waals surface area contributed by atoms with Crippen LogP contribution in [0.25, 0.3) is 0 Å². The topological polar surface area (TPSA) is 32.8 Å². The number of amides is 1. The molecule has 3 aliphatic rings. The molecule has 0 aliphatic carbocycles. The number of halogens is 1. The number of rotatable bonds is 2. The highest BCUT2D eigenvalue weighted by Gasteiger charge is 2.41. The molecule has 2 bridgehead atoms. The van der Waals surface area contributed by atoms with Crippen molar-refractivity contribution in [1.82, 2.24) is 9.80 Å². The zero-order valence-electron chi connectivity index (χ0n) is 16.8. The number of carbonyl (C=O) groups is 1. The van der Waals surface area contributed by atoms with Crippen molar-refractivity contribution >= 4 is 6.09 Å². The number of carbonyl (C=O) groups excluding carboxylic acids is 1. The summed E-state index contributed by atoms with van der Waals surface area (Å²) in [5.41, 5.74) is 3.26. The number of benzene rings is 2. The van der Waals surface area contributed by atoms with E-state index in [0.717, 1.165) is 30.4 Å². The van der Waals surface area contributed by atoms with E-state index in [1.54, 1.807) is 12.1 Å². The Kier molecular flexibility index (Phi) is 4.78. The van der Waals surface area contributed by atoms with Crippen molar-refractivity contribution in [2.24, 2.45) is 0 Å². The van der Waals surface area contributed by atoms with Crippen LogP contribution < -0.4 is 0 Å². The Balaban J connectivity index is 1.40. The van der Waals surface area contributed by atoms with Gasteiger partial charge in [0.25, 0.3) is 0 Å². The van der Waals surface area contributed by atoms with E-state index in [2.05, 4.69) is 24.1 Å². The van der Waals surface area contributed by atoms with Crippen molar-refractivity contribution in [1.29, 1.82) is 0 Å². The summed E-state index contributed by atoms with van der Waals surface area (Å²) in [6, 6.07) is 15.5. The molecule has 2 aromatic carbocycles. The van der Waals surface area contributed by atoms with Crippen molar-refractivity contribution in [2.75, 3.05) is 13.6 Å². The highest BCUT2D eigenvalue weighted by molar-refractivity contribution is 5.70. The lowest BCUT2D eigenvalue weighted by molar-refractivity contribution is 0.00590. The van der Waals surface area contributed by atoms with Crippen LogP contribution in [0.3, 0.4) is 0 Å². The van der Waals surface area contributed by atoms with Crippen LogP contribution >= 0.6 is 0 Å². The number of piperidine rings is 1. The molecule has 1 amide bonds. The highest BCUT2D eigenvalue weighted by Crippen LogP contribution is 2.38. The van der Waals surface area contributed by atoms with Gasteiger partial charge in [-0.15, -0.1) is 0 Å². The van der Waals surface area contributed by atoms with E-state index in [1.165, 1.54) is 30.5 Å². The zero-order valence-corrected chi connectivity index (χ0v) is 16.8. The van der Waals surface area contributed by atoms with Crippen LogP contribution in [0.4, 0.5) is 9.18 Å². The smallest absolute Gasteiger partial charge is 0.410 e. The first-order chi connectivity index (χ1) is 14.1. The molecule has 2 fully saturated rings. The minimum atomic E-state index is -0.270. The Morgan fingerprint density at radius 2 is 1.72 bits per heavy atom. The minimum Gasteiger partial charge on any atom is -0.446 e. The second-order valence-corrected chi connectivity index (χ2v) is 8.62. The van der Waals surface area contributed by atoms with Crippen molar-refractivity contribution < 1.29 is 13.9 Å². The molecular formula is C24H27FN2O2. The molecule has 3 atom stereocenters. The molecule has 0 saturated carbocycles. The number of nitrogens with zero attached hydrogens (tertiary/aromatic N) is 2. The van der Waals surface area contributed by atoms with E-state index in [0.29, 0.717) is 18.6 Å². The highest BCUT2D eigenvalue weighted by atomic mass is 19.1. The van der Waals surface area contributed by atoms with Crippen LogP contribution in [0.5, 0.6) is 0 Å². The Morgan fingerprint density at radius 1 is 1.03 bits per heavy atom. The summed E-state index contributed by atoms with van der Waals surface area (Å²) < 4.78 is 19.6. The molecule has 5 rings (SSSR count). The van der Waals surface area contributed by atoms with Crippen LogP contribution in [-0.4, -0.2) is 47.7 Å². The number of ether oxygens (including phenoxy) is 1. The third kappa shape index (κ3) is 3.42. The maximum Gasteiger partial charge on any atom is 0.410 e. The van der Waals surface area contributed by atoms with Gasteiger partial charge in [-0.1, -0.05) is 36.4 Å². The third-order valence-electron chi connectivity index (χ3n) is 7.03. The normalized spacial score (nSPS) is 28.8. The van der Waals surface area contributed by atoms with Gasteiger partial charge in [0.2, 0.25) is 0 Å². The Hall–Kier alpha value is -2.40. The molecule has 5 heteroatoms. The number of hydrogen-bond acceptors (Lipinski definition) is 3. The van der Waals surface area contributed by atoms with E-state index in [9.17, 15) is 9.18 Å². The van der Waals surface area contributed by atoms with Gasteiger partial charge in [0, 0.05) is 31.5 Å². The second kappa shape index (κ2) is 7.45. The molecule has 3 heterocycles. The van der Waals surface area contributed by atoms with Gasteiger partial charge in [0.05, 0.1) is 6.04 Å². The van der Waals surface area contributed by atoms with E-state index in [1.807, 2.05) is 17.0 Å². The van der Waals surface area contributed by atoms with E-state index < -0.39 is 0 Å². The van der Waals surface area contributed by atoms with Gasteiger partial charge in [-0.3, -0.25) is 4.90 Å². The van der Waals surface area contributed by atoms with Crippen LogP contribution in [-0.2, 0) is 11.2 Å². The quantitative estimate of drug-likeness (QED) is 0.750. The maximum atomic E-state index is 13.5. The Morgan fingerprint density at radius 3 is 2.45 bits per heavy atom. The minimum absolute atomic E-state index is 0.0118. The summed E-state index contributed by atoms with van der Waals surface area (Å²) in [6.07, 6.45) is 4.79. The van der Waals surface area contributed by atoms with Crippen molar-refractivity contribution in [3.05, 3.63) is 71.0 Å². The first-order valence-corrected chi connectivity index (χ1v) is 10.6. The summed E-state index contributed by atoms with van der Waals surface area (Å²) in [6.45, 7) is 0.609. The molecule has 152 valence electrons. The lowest BCUT2D eigenvalue weighted by Gasteiger charge is -2.40. The standard InChI is InChI=1S/C24H27FN2O2/c1-26-19-10-11-20(26)15-21(14-19)29-24(28)27-13-12-16-4-2-3-5-22(16)23(27)17-6-8-18(25)9-7-17/h2-9,19-21,23H,10-15H2,1H3/t19?,20?,21?,23-/m0/s1. The fourth-order valence-electron chi connectivity index (χ4n) is 5.44. The van der Waals surface area contributed by atoms with Crippen molar-refractivity contribution in [3.8, 4) is 0 Å². The molecule has 2 unspecified atom stereocenters. The van der Waals surface area contributed by atoms with E-state index in [4.69, 9.17) is 4.74 Å². The van der Waals surface area contributed by atoms with E-state index in [-0.39, 0.29) is 24.1 Å². The fraction of sp³-hybridized carbons (Fsp3) is 0.458. The van der Waals surface area contributed by atoms with Crippen LogP contribution in [0.1, 0.15) is 48.4 Å². The summed E-state index contributed by atoms with van der Waals surface area (Å²) in [4.78, 5) is 17.5. The molecule has 0 N–H and O–H groups in total. The molecule has 29 heavy (non-hydrogen) atoms. The largest absolute Gasteiger partial charge is 0.446 e. The molecule has 2 saturated heterocycles. The van der Waals surface area contributed by atoms with Crippen LogP contribution in [0.15, 0.2) is 48.5 Å². The Bertz CT molecular complexity index is 886. The zero-order chi connectivity index (χ0) is 20.0. The summed E-state index contributed by atoms with van der Waals surface area (Å²) in [7, 11) is 2.19. The van der Waals surface area contributed by atoms with Crippen molar-refractivity contribution in [2.45, 2.75) is 56.3 Å². The van der Waals surface area contributed by atoms with Gasteiger partial charge in [-0.05, 0) is 55.1 Å². The lowest BCUT2D eigenvalue weighted by atomic mass is 9.88. The average molecular weight is 394 g/mol. The number of hydrogen-bond donors (Lipinski definition) is 0.